The molecule has 2 aliphatic heterocycles. The molecule has 1 aromatic heterocycles. The third-order valence-corrected chi connectivity index (χ3v) is 5.79. The zero-order valence-corrected chi connectivity index (χ0v) is 14.7. The van der Waals surface area contributed by atoms with Gasteiger partial charge in [-0.3, -0.25) is 0 Å². The summed E-state index contributed by atoms with van der Waals surface area (Å²) in [6.07, 6.45) is 0.737. The van der Waals surface area contributed by atoms with Gasteiger partial charge in [-0.25, -0.2) is 5.01 Å². The molecule has 0 N–H and O–H groups in total. The predicted octanol–water partition coefficient (Wildman–Crippen LogP) is 5.30. The summed E-state index contributed by atoms with van der Waals surface area (Å²) in [5.41, 5.74) is 4.76. The normalized spacial score (nSPS) is 21.3. The van der Waals surface area contributed by atoms with Crippen LogP contribution >= 0.6 is 11.3 Å². The molecule has 0 spiro atoms. The highest BCUT2D eigenvalue weighted by molar-refractivity contribution is 7.12. The molecule has 2 atom stereocenters. The molecule has 2 aliphatic rings. The molecule has 4 heteroatoms. The summed E-state index contributed by atoms with van der Waals surface area (Å²) < 4.78 is 6.36. The number of para-hydroxylation sites is 1. The van der Waals surface area contributed by atoms with Crippen molar-refractivity contribution in [2.24, 2.45) is 5.10 Å². The molecule has 3 heterocycles. The second kappa shape index (κ2) is 5.74. The summed E-state index contributed by atoms with van der Waals surface area (Å²) in [6.45, 7) is 2.10. The Kier molecular flexibility index (Phi) is 3.38. The molecule has 0 saturated carbocycles. The molecule has 0 radical (unpaired) electrons. The summed E-state index contributed by atoms with van der Waals surface area (Å²) >= 11 is 1.75. The number of hydrogen-bond acceptors (Lipinski definition) is 4. The third kappa shape index (κ3) is 2.45. The standard InChI is InChI=1S/C21H18N2OS/c1-14-8-10-15(11-9-14)21-23-18(16-5-2-3-6-19(16)24-21)13-17(22-23)20-7-4-12-25-20/h2-12,18,21H,13H2,1H3/t18-,21-/m1/s1. The van der Waals surface area contributed by atoms with E-state index in [1.54, 1.807) is 11.3 Å². The fourth-order valence-electron chi connectivity index (χ4n) is 3.58. The molecule has 124 valence electrons. The van der Waals surface area contributed by atoms with Crippen LogP contribution < -0.4 is 4.74 Å². The van der Waals surface area contributed by atoms with Crippen LogP contribution in [0, 0.1) is 6.92 Å². The van der Waals surface area contributed by atoms with Gasteiger partial charge in [-0.1, -0.05) is 54.1 Å². The van der Waals surface area contributed by atoms with E-state index in [4.69, 9.17) is 9.84 Å². The minimum Gasteiger partial charge on any atom is -0.464 e. The van der Waals surface area contributed by atoms with Crippen molar-refractivity contribution >= 4 is 17.0 Å². The smallest absolute Gasteiger partial charge is 0.213 e. The van der Waals surface area contributed by atoms with E-state index >= 15 is 0 Å². The van der Waals surface area contributed by atoms with Crippen LogP contribution in [0.1, 0.15) is 40.3 Å². The van der Waals surface area contributed by atoms with Crippen molar-refractivity contribution < 1.29 is 4.74 Å². The van der Waals surface area contributed by atoms with E-state index in [1.807, 2.05) is 6.07 Å². The van der Waals surface area contributed by atoms with Gasteiger partial charge in [0.25, 0.3) is 0 Å². The largest absolute Gasteiger partial charge is 0.464 e. The molecule has 5 rings (SSSR count). The van der Waals surface area contributed by atoms with Crippen LogP contribution in [0.4, 0.5) is 0 Å². The molecule has 0 bridgehead atoms. The van der Waals surface area contributed by atoms with Crippen molar-refractivity contribution in [3.8, 4) is 5.75 Å². The lowest BCUT2D eigenvalue weighted by Gasteiger charge is -2.38. The van der Waals surface area contributed by atoms with Crippen LogP contribution in [0.2, 0.25) is 0 Å². The van der Waals surface area contributed by atoms with Crippen molar-refractivity contribution in [3.05, 3.63) is 87.6 Å². The molecule has 25 heavy (non-hydrogen) atoms. The number of rotatable bonds is 2. The number of thiophene rings is 1. The lowest BCUT2D eigenvalue weighted by Crippen LogP contribution is -2.33. The number of hydrogen-bond donors (Lipinski definition) is 0. The maximum atomic E-state index is 6.36. The Balaban J connectivity index is 1.60. The zero-order valence-electron chi connectivity index (χ0n) is 13.9. The van der Waals surface area contributed by atoms with Gasteiger partial charge >= 0.3 is 0 Å². The molecule has 3 nitrogen and oxygen atoms in total. The van der Waals surface area contributed by atoms with Crippen LogP contribution in [0.15, 0.2) is 71.1 Å². The number of nitrogens with zero attached hydrogens (tertiary/aromatic N) is 2. The van der Waals surface area contributed by atoms with E-state index in [1.165, 1.54) is 16.0 Å². The summed E-state index contributed by atoms with van der Waals surface area (Å²) in [6, 6.07) is 21.4. The Bertz CT molecular complexity index is 931. The minimum absolute atomic E-state index is 0.182. The van der Waals surface area contributed by atoms with Crippen LogP contribution in [-0.4, -0.2) is 10.7 Å². The molecule has 3 aromatic rings. The van der Waals surface area contributed by atoms with Gasteiger partial charge in [0.2, 0.25) is 6.23 Å². The molecule has 0 amide bonds. The fourth-order valence-corrected chi connectivity index (χ4v) is 4.30. The number of aryl methyl sites for hydroxylation is 1. The highest BCUT2D eigenvalue weighted by Crippen LogP contribution is 2.47. The maximum absolute atomic E-state index is 6.36. The fraction of sp³-hybridized carbons (Fsp3) is 0.190. The van der Waals surface area contributed by atoms with E-state index in [0.717, 1.165) is 23.4 Å². The lowest BCUT2D eigenvalue weighted by atomic mass is 9.97. The predicted molar refractivity (Wildman–Crippen MR) is 101 cm³/mol. The third-order valence-electron chi connectivity index (χ3n) is 4.87. The Morgan fingerprint density at radius 1 is 1.04 bits per heavy atom. The van der Waals surface area contributed by atoms with Crippen LogP contribution in [0.3, 0.4) is 0 Å². The van der Waals surface area contributed by atoms with Crippen molar-refractivity contribution in [2.75, 3.05) is 0 Å². The van der Waals surface area contributed by atoms with Crippen LogP contribution in [0.25, 0.3) is 0 Å². The SMILES string of the molecule is Cc1ccc([C@H]2Oc3ccccc3[C@H]3CC(c4cccs4)=NN32)cc1. The summed E-state index contributed by atoms with van der Waals surface area (Å²) in [4.78, 5) is 1.24. The summed E-state index contributed by atoms with van der Waals surface area (Å²) in [7, 11) is 0. The van der Waals surface area contributed by atoms with Crippen molar-refractivity contribution in [1.82, 2.24) is 5.01 Å². The highest BCUT2D eigenvalue weighted by Gasteiger charge is 2.40. The monoisotopic (exact) mass is 346 g/mol. The second-order valence-corrected chi connectivity index (χ2v) is 7.49. The first kappa shape index (κ1) is 14.7. The lowest BCUT2D eigenvalue weighted by molar-refractivity contribution is -0.0190. The minimum atomic E-state index is -0.182. The van der Waals surface area contributed by atoms with Gasteiger partial charge in [0.1, 0.15) is 5.75 Å². The first-order chi connectivity index (χ1) is 12.3. The van der Waals surface area contributed by atoms with Gasteiger partial charge in [-0.05, 0) is 24.4 Å². The number of ether oxygens (including phenoxy) is 1. The van der Waals surface area contributed by atoms with Gasteiger partial charge < -0.3 is 4.74 Å². The van der Waals surface area contributed by atoms with Crippen LogP contribution in [-0.2, 0) is 0 Å². The molecule has 0 fully saturated rings. The molecular weight excluding hydrogens is 328 g/mol. The highest BCUT2D eigenvalue weighted by atomic mass is 32.1. The van der Waals surface area contributed by atoms with Gasteiger partial charge in [-0.2, -0.15) is 5.10 Å². The maximum Gasteiger partial charge on any atom is 0.213 e. The van der Waals surface area contributed by atoms with E-state index in [-0.39, 0.29) is 12.3 Å². The Hall–Kier alpha value is -2.59. The summed E-state index contributed by atoms with van der Waals surface area (Å²) in [5, 5.41) is 9.22. The number of hydrazone groups is 1. The van der Waals surface area contributed by atoms with E-state index in [2.05, 4.69) is 71.9 Å². The van der Waals surface area contributed by atoms with E-state index < -0.39 is 0 Å². The number of benzene rings is 2. The molecule has 0 unspecified atom stereocenters. The number of fused-ring (bicyclic) bond motifs is 3. The average Bonchev–Trinajstić information content (AvgIpc) is 3.31. The topological polar surface area (TPSA) is 24.8 Å². The average molecular weight is 346 g/mol. The Morgan fingerprint density at radius 2 is 1.88 bits per heavy atom. The van der Waals surface area contributed by atoms with Crippen molar-refractivity contribution in [1.29, 1.82) is 0 Å². The van der Waals surface area contributed by atoms with Gasteiger partial charge in [0.15, 0.2) is 0 Å². The van der Waals surface area contributed by atoms with Crippen LogP contribution in [0.5, 0.6) is 5.75 Å². The van der Waals surface area contributed by atoms with Gasteiger partial charge in [0, 0.05) is 17.5 Å². The van der Waals surface area contributed by atoms with E-state index in [9.17, 15) is 0 Å². The first-order valence-electron chi connectivity index (χ1n) is 8.51. The zero-order chi connectivity index (χ0) is 16.8. The molecule has 2 aromatic carbocycles. The van der Waals surface area contributed by atoms with E-state index in [0.29, 0.717) is 0 Å². The Labute approximate surface area is 151 Å². The van der Waals surface area contributed by atoms with Gasteiger partial charge in [0.05, 0.1) is 16.6 Å². The first-order valence-corrected chi connectivity index (χ1v) is 9.39. The van der Waals surface area contributed by atoms with Gasteiger partial charge in [-0.15, -0.1) is 11.3 Å². The molecule has 0 aliphatic carbocycles. The molecule has 0 saturated heterocycles. The quantitative estimate of drug-likeness (QED) is 0.629. The van der Waals surface area contributed by atoms with Crippen molar-refractivity contribution in [2.45, 2.75) is 25.6 Å². The summed E-state index contributed by atoms with van der Waals surface area (Å²) in [5.74, 6) is 0.969. The Morgan fingerprint density at radius 3 is 2.68 bits per heavy atom. The molecular formula is C21H18N2OS. The second-order valence-electron chi connectivity index (χ2n) is 6.54. The van der Waals surface area contributed by atoms with Crippen molar-refractivity contribution in [3.63, 3.8) is 0 Å².